The fourth-order valence-corrected chi connectivity index (χ4v) is 5.94. The van der Waals surface area contributed by atoms with Crippen molar-refractivity contribution >= 4 is 27.1 Å². The van der Waals surface area contributed by atoms with Gasteiger partial charge in [0, 0.05) is 25.2 Å². The number of carbonyl (C=O) groups excluding carboxylic acids is 1. The van der Waals surface area contributed by atoms with Gasteiger partial charge in [0.2, 0.25) is 5.91 Å². The quantitative estimate of drug-likeness (QED) is 0.777. The Morgan fingerprint density at radius 2 is 1.86 bits per heavy atom. The summed E-state index contributed by atoms with van der Waals surface area (Å²) in [4.78, 5) is 14.1. The van der Waals surface area contributed by atoms with Gasteiger partial charge >= 0.3 is 0 Å². The first-order valence-corrected chi connectivity index (χ1v) is 11.7. The van der Waals surface area contributed by atoms with E-state index >= 15 is 0 Å². The molecule has 1 aliphatic heterocycles. The number of rotatable bonds is 6. The molecule has 28 heavy (non-hydrogen) atoms. The molecule has 1 aromatic rings. The minimum absolute atomic E-state index is 0.0179. The first kappa shape index (κ1) is 21.0. The third-order valence-electron chi connectivity index (χ3n) is 5.42. The van der Waals surface area contributed by atoms with Gasteiger partial charge in [0.15, 0.2) is 9.84 Å². The minimum Gasteiger partial charge on any atom is -0.372 e. The predicted molar refractivity (Wildman–Crippen MR) is 108 cm³/mol. The van der Waals surface area contributed by atoms with Gasteiger partial charge in [0.25, 0.3) is 0 Å². The Kier molecular flexibility index (Phi) is 6.60. The van der Waals surface area contributed by atoms with Crippen LogP contribution in [0.15, 0.2) is 18.2 Å². The molecule has 1 aliphatic carbocycles. The molecule has 1 saturated carbocycles. The number of nitrogens with one attached hydrogen (secondary N) is 1. The molecule has 2 fully saturated rings. The topological polar surface area (TPSA) is 75.7 Å². The van der Waals surface area contributed by atoms with Gasteiger partial charge in [-0.05, 0) is 44.9 Å². The van der Waals surface area contributed by atoms with E-state index in [1.807, 2.05) is 18.7 Å². The standard InChI is InChI=1S/C20H29FN2O4S/c1-14-12-23(13-15(2)27-14)19-8-7-16(11-18(19)21)22-20(24)9-10-28(25,26)17-5-3-4-6-17/h7-8,11,14-15,17H,3-6,9-10,12-13H2,1-2H3,(H,22,24)/t14-,15-/m1/s1. The molecule has 0 unspecified atom stereocenters. The van der Waals surface area contributed by atoms with Gasteiger partial charge in [0.1, 0.15) is 5.82 Å². The number of halogens is 1. The summed E-state index contributed by atoms with van der Waals surface area (Å²) >= 11 is 0. The molecule has 0 bridgehead atoms. The van der Waals surface area contributed by atoms with E-state index in [1.165, 1.54) is 6.07 Å². The molecule has 1 saturated heterocycles. The van der Waals surface area contributed by atoms with E-state index in [-0.39, 0.29) is 29.6 Å². The highest BCUT2D eigenvalue weighted by Crippen LogP contribution is 2.27. The van der Waals surface area contributed by atoms with Crippen molar-refractivity contribution in [1.82, 2.24) is 0 Å². The molecule has 0 aromatic heterocycles. The largest absolute Gasteiger partial charge is 0.372 e. The highest BCUT2D eigenvalue weighted by atomic mass is 32.2. The van der Waals surface area contributed by atoms with Crippen molar-refractivity contribution in [3.63, 3.8) is 0 Å². The van der Waals surface area contributed by atoms with Crippen molar-refractivity contribution in [3.8, 4) is 0 Å². The van der Waals surface area contributed by atoms with Crippen molar-refractivity contribution in [2.45, 2.75) is 63.4 Å². The fraction of sp³-hybridized carbons (Fsp3) is 0.650. The number of nitrogens with zero attached hydrogens (tertiary/aromatic N) is 1. The summed E-state index contributed by atoms with van der Waals surface area (Å²) in [5.74, 6) is -0.992. The second-order valence-corrected chi connectivity index (χ2v) is 10.3. The number of morpholine rings is 1. The summed E-state index contributed by atoms with van der Waals surface area (Å²) in [6.07, 6.45) is 3.17. The first-order chi connectivity index (χ1) is 13.2. The van der Waals surface area contributed by atoms with Crippen LogP contribution >= 0.6 is 0 Å². The average Bonchev–Trinajstić information content (AvgIpc) is 3.15. The van der Waals surface area contributed by atoms with E-state index in [0.717, 1.165) is 12.8 Å². The van der Waals surface area contributed by atoms with Gasteiger partial charge in [0.05, 0.1) is 28.9 Å². The number of hydrogen-bond acceptors (Lipinski definition) is 5. The van der Waals surface area contributed by atoms with Crippen LogP contribution in [0.5, 0.6) is 0 Å². The van der Waals surface area contributed by atoms with E-state index < -0.39 is 21.6 Å². The van der Waals surface area contributed by atoms with Crippen LogP contribution in [0.3, 0.4) is 0 Å². The predicted octanol–water partition coefficient (Wildman–Crippen LogP) is 3.13. The lowest BCUT2D eigenvalue weighted by atomic mass is 10.2. The molecule has 6 nitrogen and oxygen atoms in total. The number of hydrogen-bond donors (Lipinski definition) is 1. The molecule has 8 heteroatoms. The monoisotopic (exact) mass is 412 g/mol. The van der Waals surface area contributed by atoms with Crippen LogP contribution < -0.4 is 10.2 Å². The molecular weight excluding hydrogens is 383 g/mol. The smallest absolute Gasteiger partial charge is 0.225 e. The van der Waals surface area contributed by atoms with Crippen LogP contribution in [0.2, 0.25) is 0 Å². The summed E-state index contributed by atoms with van der Waals surface area (Å²) in [7, 11) is -3.24. The molecule has 2 aliphatic rings. The van der Waals surface area contributed by atoms with Crippen molar-refractivity contribution in [1.29, 1.82) is 0 Å². The lowest BCUT2D eigenvalue weighted by Crippen LogP contribution is -2.45. The summed E-state index contributed by atoms with van der Waals surface area (Å²) in [6.45, 7) is 5.11. The maximum atomic E-state index is 14.6. The Morgan fingerprint density at radius 3 is 2.46 bits per heavy atom. The fourth-order valence-electron chi connectivity index (χ4n) is 4.09. The number of carbonyl (C=O) groups is 1. The van der Waals surface area contributed by atoms with E-state index in [9.17, 15) is 17.6 Å². The third-order valence-corrected chi connectivity index (χ3v) is 7.68. The Balaban J connectivity index is 1.57. The minimum atomic E-state index is -3.24. The first-order valence-electron chi connectivity index (χ1n) is 9.96. The Labute approximate surface area is 166 Å². The van der Waals surface area contributed by atoms with E-state index in [1.54, 1.807) is 12.1 Å². The van der Waals surface area contributed by atoms with Crippen molar-refractivity contribution in [2.24, 2.45) is 0 Å². The van der Waals surface area contributed by atoms with Crippen LogP contribution in [0, 0.1) is 5.82 Å². The molecule has 1 aromatic carbocycles. The normalized spacial score (nSPS) is 23.8. The molecule has 1 amide bonds. The average molecular weight is 413 g/mol. The van der Waals surface area contributed by atoms with Crippen LogP contribution in [0.4, 0.5) is 15.8 Å². The number of ether oxygens (including phenoxy) is 1. The van der Waals surface area contributed by atoms with E-state index in [0.29, 0.717) is 37.3 Å². The maximum absolute atomic E-state index is 14.6. The summed E-state index contributed by atoms with van der Waals surface area (Å²) in [5, 5.41) is 2.30. The van der Waals surface area contributed by atoms with Crippen molar-refractivity contribution < 1.29 is 22.3 Å². The second kappa shape index (κ2) is 8.78. The van der Waals surface area contributed by atoms with Gasteiger partial charge in [-0.1, -0.05) is 12.8 Å². The molecule has 2 atom stereocenters. The van der Waals surface area contributed by atoms with Gasteiger partial charge in [-0.2, -0.15) is 0 Å². The number of amides is 1. The summed E-state index contributed by atoms with van der Waals surface area (Å²) < 4.78 is 44.8. The number of benzene rings is 1. The lowest BCUT2D eigenvalue weighted by Gasteiger charge is -2.37. The van der Waals surface area contributed by atoms with E-state index in [4.69, 9.17) is 4.74 Å². The molecule has 0 radical (unpaired) electrons. The van der Waals surface area contributed by atoms with Gasteiger partial charge in [-0.25, -0.2) is 12.8 Å². The number of anilines is 2. The highest BCUT2D eigenvalue weighted by Gasteiger charge is 2.29. The SMILES string of the molecule is C[C@@H]1CN(c2ccc(NC(=O)CCS(=O)(=O)C3CCCC3)cc2F)C[C@@H](C)O1. The highest BCUT2D eigenvalue weighted by molar-refractivity contribution is 7.92. The Bertz CT molecular complexity index is 798. The van der Waals surface area contributed by atoms with Crippen LogP contribution in [-0.2, 0) is 19.4 Å². The van der Waals surface area contributed by atoms with Crippen LogP contribution in [-0.4, -0.2) is 50.6 Å². The molecule has 156 valence electrons. The van der Waals surface area contributed by atoms with Gasteiger partial charge in [-0.3, -0.25) is 4.79 Å². The molecule has 1 N–H and O–H groups in total. The molecule has 1 heterocycles. The Hall–Kier alpha value is -1.67. The van der Waals surface area contributed by atoms with Gasteiger partial charge in [-0.15, -0.1) is 0 Å². The Morgan fingerprint density at radius 1 is 1.21 bits per heavy atom. The van der Waals surface area contributed by atoms with Crippen LogP contribution in [0.25, 0.3) is 0 Å². The molecular formula is C20H29FN2O4S. The van der Waals surface area contributed by atoms with Gasteiger partial charge < -0.3 is 15.0 Å². The summed E-state index contributed by atoms with van der Waals surface area (Å²) in [6, 6.07) is 4.57. The maximum Gasteiger partial charge on any atom is 0.225 e. The van der Waals surface area contributed by atoms with E-state index in [2.05, 4.69) is 5.32 Å². The second-order valence-electron chi connectivity index (χ2n) is 7.90. The van der Waals surface area contributed by atoms with Crippen LogP contribution in [0.1, 0.15) is 46.0 Å². The molecule has 3 rings (SSSR count). The zero-order chi connectivity index (χ0) is 20.3. The van der Waals surface area contributed by atoms with Crippen molar-refractivity contribution in [3.05, 3.63) is 24.0 Å². The zero-order valence-electron chi connectivity index (χ0n) is 16.5. The molecule has 0 spiro atoms. The lowest BCUT2D eigenvalue weighted by molar-refractivity contribution is -0.115. The summed E-state index contributed by atoms with van der Waals surface area (Å²) in [5.41, 5.74) is 0.808. The number of sulfone groups is 1. The zero-order valence-corrected chi connectivity index (χ0v) is 17.3. The van der Waals surface area contributed by atoms with Crippen molar-refractivity contribution in [2.75, 3.05) is 29.1 Å². The third kappa shape index (κ3) is 5.23.